The van der Waals surface area contributed by atoms with E-state index in [4.69, 9.17) is 4.74 Å². The Morgan fingerprint density at radius 3 is 2.40 bits per heavy atom. The third-order valence-electron chi connectivity index (χ3n) is 4.83. The van der Waals surface area contributed by atoms with Crippen molar-refractivity contribution in [1.82, 2.24) is 5.32 Å². The van der Waals surface area contributed by atoms with Gasteiger partial charge in [-0.05, 0) is 25.7 Å². The van der Waals surface area contributed by atoms with E-state index in [-0.39, 0.29) is 22.8 Å². The van der Waals surface area contributed by atoms with Gasteiger partial charge >= 0.3 is 0 Å². The van der Waals surface area contributed by atoms with Crippen LogP contribution in [0.3, 0.4) is 0 Å². The molecule has 1 N–H and O–H groups in total. The van der Waals surface area contributed by atoms with E-state index in [0.717, 1.165) is 19.4 Å². The molecule has 0 spiro atoms. The molecule has 0 aromatic heterocycles. The molecule has 2 aliphatic rings. The summed E-state index contributed by atoms with van der Waals surface area (Å²) >= 11 is 0. The highest BCUT2D eigenvalue weighted by atomic mass is 32.2. The highest BCUT2D eigenvalue weighted by Gasteiger charge is 2.52. The van der Waals surface area contributed by atoms with Gasteiger partial charge in [-0.25, -0.2) is 8.42 Å². The standard InChI is InChI=1S/C15H29NO3S/c1-11(2)9-19-13-8-12(14(13,3)4)16-15(5)6-7-20(17,18)10-15/h11-13,16H,6-10H2,1-5H3. The van der Waals surface area contributed by atoms with E-state index in [1.165, 1.54) is 0 Å². The molecule has 2 fully saturated rings. The average Bonchev–Trinajstić information content (AvgIpc) is 2.57. The van der Waals surface area contributed by atoms with Gasteiger partial charge in [0.05, 0.1) is 17.6 Å². The predicted octanol–water partition coefficient (Wildman–Crippen LogP) is 1.99. The van der Waals surface area contributed by atoms with Crippen LogP contribution in [-0.4, -0.2) is 44.2 Å². The SMILES string of the molecule is CC(C)COC1CC(NC2(C)CCS(=O)(=O)C2)C1(C)C. The molecule has 2 rings (SSSR count). The van der Waals surface area contributed by atoms with Crippen LogP contribution in [0.25, 0.3) is 0 Å². The van der Waals surface area contributed by atoms with Crippen LogP contribution < -0.4 is 5.32 Å². The van der Waals surface area contributed by atoms with Crippen LogP contribution in [0.2, 0.25) is 0 Å². The Morgan fingerprint density at radius 1 is 1.30 bits per heavy atom. The van der Waals surface area contributed by atoms with Crippen LogP contribution in [0.15, 0.2) is 0 Å². The van der Waals surface area contributed by atoms with Gasteiger partial charge in [0, 0.05) is 23.6 Å². The normalized spacial score (nSPS) is 38.9. The van der Waals surface area contributed by atoms with Crippen molar-refractivity contribution in [3.8, 4) is 0 Å². The monoisotopic (exact) mass is 303 g/mol. The summed E-state index contributed by atoms with van der Waals surface area (Å²) in [5.41, 5.74) is -0.186. The molecule has 1 saturated heterocycles. The zero-order chi connectivity index (χ0) is 15.2. The summed E-state index contributed by atoms with van der Waals surface area (Å²) in [6, 6.07) is 0.345. The van der Waals surface area contributed by atoms with Gasteiger partial charge in [-0.3, -0.25) is 0 Å². The van der Waals surface area contributed by atoms with Crippen molar-refractivity contribution in [2.45, 2.75) is 65.1 Å². The van der Waals surface area contributed by atoms with Crippen LogP contribution in [0.4, 0.5) is 0 Å². The summed E-state index contributed by atoms with van der Waals surface area (Å²) in [5, 5.41) is 3.60. The van der Waals surface area contributed by atoms with E-state index in [1.807, 2.05) is 6.92 Å². The topological polar surface area (TPSA) is 55.4 Å². The van der Waals surface area contributed by atoms with Gasteiger partial charge in [-0.15, -0.1) is 0 Å². The Bertz CT molecular complexity index is 458. The number of hydrogen-bond donors (Lipinski definition) is 1. The molecule has 1 aliphatic carbocycles. The second-order valence-corrected chi connectivity index (χ2v) is 10.1. The highest BCUT2D eigenvalue weighted by Crippen LogP contribution is 2.44. The molecular formula is C15H29NO3S. The Hall–Kier alpha value is -0.130. The van der Waals surface area contributed by atoms with Crippen molar-refractivity contribution in [1.29, 1.82) is 0 Å². The minimum Gasteiger partial charge on any atom is -0.377 e. The van der Waals surface area contributed by atoms with Crippen LogP contribution in [0, 0.1) is 11.3 Å². The smallest absolute Gasteiger partial charge is 0.152 e. The molecule has 1 heterocycles. The lowest BCUT2D eigenvalue weighted by Crippen LogP contribution is -2.65. The Labute approximate surface area is 123 Å². The largest absolute Gasteiger partial charge is 0.377 e. The fourth-order valence-electron chi connectivity index (χ4n) is 3.27. The highest BCUT2D eigenvalue weighted by molar-refractivity contribution is 7.91. The fraction of sp³-hybridized carbons (Fsp3) is 1.00. The van der Waals surface area contributed by atoms with Crippen molar-refractivity contribution in [2.24, 2.45) is 11.3 Å². The zero-order valence-corrected chi connectivity index (χ0v) is 14.2. The minimum atomic E-state index is -2.85. The number of rotatable bonds is 5. The van der Waals surface area contributed by atoms with E-state index in [0.29, 0.717) is 17.7 Å². The minimum absolute atomic E-state index is 0.0737. The maximum absolute atomic E-state index is 11.7. The quantitative estimate of drug-likeness (QED) is 0.844. The lowest BCUT2D eigenvalue weighted by molar-refractivity contribution is -0.128. The van der Waals surface area contributed by atoms with E-state index in [9.17, 15) is 8.42 Å². The van der Waals surface area contributed by atoms with Crippen molar-refractivity contribution < 1.29 is 13.2 Å². The summed E-state index contributed by atoms with van der Waals surface area (Å²) in [6.45, 7) is 11.6. The van der Waals surface area contributed by atoms with Crippen LogP contribution in [0.5, 0.6) is 0 Å². The summed E-state index contributed by atoms with van der Waals surface area (Å²) < 4.78 is 29.3. The second kappa shape index (κ2) is 5.25. The molecule has 0 bridgehead atoms. The molecule has 0 aromatic rings. The molecule has 20 heavy (non-hydrogen) atoms. The zero-order valence-electron chi connectivity index (χ0n) is 13.4. The van der Waals surface area contributed by atoms with E-state index in [2.05, 4.69) is 33.0 Å². The number of sulfone groups is 1. The predicted molar refractivity (Wildman–Crippen MR) is 81.6 cm³/mol. The molecule has 5 heteroatoms. The van der Waals surface area contributed by atoms with Crippen molar-refractivity contribution in [3.05, 3.63) is 0 Å². The average molecular weight is 303 g/mol. The molecule has 1 aliphatic heterocycles. The first-order valence-corrected chi connectivity index (χ1v) is 9.46. The summed E-state index contributed by atoms with van der Waals surface area (Å²) in [6.07, 6.45) is 1.98. The van der Waals surface area contributed by atoms with Gasteiger partial charge in [-0.1, -0.05) is 27.7 Å². The molecule has 118 valence electrons. The first kappa shape index (κ1) is 16.2. The Morgan fingerprint density at radius 2 is 1.95 bits per heavy atom. The number of ether oxygens (including phenoxy) is 1. The molecule has 0 radical (unpaired) electrons. The van der Waals surface area contributed by atoms with Crippen LogP contribution in [0.1, 0.15) is 47.5 Å². The number of nitrogens with one attached hydrogen (secondary N) is 1. The molecule has 1 saturated carbocycles. The summed E-state index contributed by atoms with van der Waals surface area (Å²) in [5.74, 6) is 1.14. The summed E-state index contributed by atoms with van der Waals surface area (Å²) in [4.78, 5) is 0. The van der Waals surface area contributed by atoms with E-state index in [1.54, 1.807) is 0 Å². The third-order valence-corrected chi connectivity index (χ3v) is 6.74. The first-order valence-electron chi connectivity index (χ1n) is 7.64. The van der Waals surface area contributed by atoms with Crippen molar-refractivity contribution in [3.63, 3.8) is 0 Å². The lowest BCUT2D eigenvalue weighted by atomic mass is 9.63. The fourth-order valence-corrected chi connectivity index (χ4v) is 5.37. The van der Waals surface area contributed by atoms with E-state index < -0.39 is 9.84 Å². The van der Waals surface area contributed by atoms with Gasteiger partial charge in [0.15, 0.2) is 9.84 Å². The van der Waals surface area contributed by atoms with Gasteiger partial charge < -0.3 is 10.1 Å². The maximum Gasteiger partial charge on any atom is 0.152 e. The third kappa shape index (κ3) is 3.37. The molecule has 4 nitrogen and oxygen atoms in total. The lowest BCUT2D eigenvalue weighted by Gasteiger charge is -2.54. The molecule has 0 amide bonds. The van der Waals surface area contributed by atoms with Crippen LogP contribution >= 0.6 is 0 Å². The first-order chi connectivity index (χ1) is 9.04. The Balaban J connectivity index is 1.90. The molecule has 3 atom stereocenters. The maximum atomic E-state index is 11.7. The van der Waals surface area contributed by atoms with Gasteiger partial charge in [0.25, 0.3) is 0 Å². The molecular weight excluding hydrogens is 274 g/mol. The van der Waals surface area contributed by atoms with Crippen LogP contribution in [-0.2, 0) is 14.6 Å². The second-order valence-electron chi connectivity index (χ2n) is 7.87. The summed E-state index contributed by atoms with van der Waals surface area (Å²) in [7, 11) is -2.85. The number of hydrogen-bond acceptors (Lipinski definition) is 4. The van der Waals surface area contributed by atoms with Crippen molar-refractivity contribution >= 4 is 9.84 Å². The van der Waals surface area contributed by atoms with E-state index >= 15 is 0 Å². The molecule has 0 aromatic carbocycles. The Kier molecular flexibility index (Phi) is 4.27. The molecule has 3 unspecified atom stereocenters. The van der Waals surface area contributed by atoms with Gasteiger partial charge in [0.2, 0.25) is 0 Å². The van der Waals surface area contributed by atoms with Gasteiger partial charge in [-0.2, -0.15) is 0 Å². The van der Waals surface area contributed by atoms with Gasteiger partial charge in [0.1, 0.15) is 0 Å². The van der Waals surface area contributed by atoms with Crippen molar-refractivity contribution in [2.75, 3.05) is 18.1 Å².